The fourth-order valence-electron chi connectivity index (χ4n) is 4.02. The molecular weight excluding hydrogens is 376 g/mol. The molecule has 0 amide bonds. The second-order valence-electron chi connectivity index (χ2n) is 8.46. The highest BCUT2D eigenvalue weighted by atomic mass is 14.6. The van der Waals surface area contributed by atoms with Crippen molar-refractivity contribution in [3.05, 3.63) is 129 Å². The average Bonchev–Trinajstić information content (AvgIpc) is 2.77. The molecule has 0 heterocycles. The number of nitrogen functional groups attached to an aromatic ring is 2. The normalized spacial score (nSPS) is 10.9. The van der Waals surface area contributed by atoms with E-state index in [9.17, 15) is 0 Å². The Kier molecular flexibility index (Phi) is 6.08. The molecule has 0 radical (unpaired) electrons. The Labute approximate surface area is 185 Å². The lowest BCUT2D eigenvalue weighted by Crippen LogP contribution is -1.99. The maximum absolute atomic E-state index is 6.23. The van der Waals surface area contributed by atoms with E-state index in [2.05, 4.69) is 98.8 Å². The van der Waals surface area contributed by atoms with Gasteiger partial charge in [0.05, 0.1) is 0 Å². The molecule has 4 rings (SSSR count). The lowest BCUT2D eigenvalue weighted by atomic mass is 9.97. The highest BCUT2D eigenvalue weighted by Crippen LogP contribution is 2.22. The molecule has 156 valence electrons. The van der Waals surface area contributed by atoms with E-state index < -0.39 is 0 Å². The van der Waals surface area contributed by atoms with E-state index in [4.69, 9.17) is 11.5 Å². The molecule has 4 aromatic rings. The minimum absolute atomic E-state index is 0.866. The Bertz CT molecular complexity index is 1080. The fraction of sp³-hybridized carbons (Fsp3) is 0.172. The van der Waals surface area contributed by atoms with Gasteiger partial charge in [-0.15, -0.1) is 0 Å². The van der Waals surface area contributed by atoms with Crippen molar-refractivity contribution in [2.24, 2.45) is 0 Å². The molecule has 0 bridgehead atoms. The van der Waals surface area contributed by atoms with Crippen molar-refractivity contribution in [2.75, 3.05) is 11.5 Å². The van der Waals surface area contributed by atoms with Crippen LogP contribution in [0.25, 0.3) is 0 Å². The molecule has 0 aliphatic rings. The third-order valence-electron chi connectivity index (χ3n) is 6.07. The molecule has 0 saturated heterocycles. The summed E-state index contributed by atoms with van der Waals surface area (Å²) in [6, 6.07) is 30.3. The number of para-hydroxylation sites is 2. The van der Waals surface area contributed by atoms with Crippen LogP contribution in [-0.4, -0.2) is 0 Å². The third kappa shape index (κ3) is 4.97. The van der Waals surface area contributed by atoms with Crippen molar-refractivity contribution in [3.63, 3.8) is 0 Å². The maximum Gasteiger partial charge on any atom is 0.0379 e. The summed E-state index contributed by atoms with van der Waals surface area (Å²) in [5.74, 6) is 0. The first-order valence-electron chi connectivity index (χ1n) is 10.8. The zero-order chi connectivity index (χ0) is 21.8. The van der Waals surface area contributed by atoms with Crippen molar-refractivity contribution in [1.29, 1.82) is 0 Å². The van der Waals surface area contributed by atoms with Gasteiger partial charge >= 0.3 is 0 Å². The molecule has 31 heavy (non-hydrogen) atoms. The number of aryl methyl sites for hydroxylation is 2. The molecule has 2 nitrogen and oxygen atoms in total. The minimum Gasteiger partial charge on any atom is -0.398 e. The Hall–Kier alpha value is -3.52. The van der Waals surface area contributed by atoms with Gasteiger partial charge in [0.2, 0.25) is 0 Å². The quantitative estimate of drug-likeness (QED) is 0.372. The summed E-state index contributed by atoms with van der Waals surface area (Å²) in [5.41, 5.74) is 24.1. The highest BCUT2D eigenvalue weighted by molar-refractivity contribution is 5.55. The van der Waals surface area contributed by atoms with Crippen LogP contribution in [0.5, 0.6) is 0 Å². The SMILES string of the molecule is Cc1cccc(Cc2ccc(Cc3ccc(Cc4cccc(C)c4N)cc3)cc2)c1N. The molecule has 0 unspecified atom stereocenters. The summed E-state index contributed by atoms with van der Waals surface area (Å²) < 4.78 is 0. The fourth-order valence-corrected chi connectivity index (χ4v) is 4.02. The van der Waals surface area contributed by atoms with E-state index in [-0.39, 0.29) is 0 Å². The zero-order valence-electron chi connectivity index (χ0n) is 18.4. The summed E-state index contributed by atoms with van der Waals surface area (Å²) >= 11 is 0. The second kappa shape index (κ2) is 9.09. The monoisotopic (exact) mass is 406 g/mol. The Morgan fingerprint density at radius 1 is 0.452 bits per heavy atom. The molecule has 0 saturated carbocycles. The van der Waals surface area contributed by atoms with E-state index >= 15 is 0 Å². The summed E-state index contributed by atoms with van der Waals surface area (Å²) in [4.78, 5) is 0. The van der Waals surface area contributed by atoms with Gasteiger partial charge < -0.3 is 11.5 Å². The van der Waals surface area contributed by atoms with Crippen molar-refractivity contribution < 1.29 is 0 Å². The summed E-state index contributed by atoms with van der Waals surface area (Å²) in [5, 5.41) is 0. The van der Waals surface area contributed by atoms with Gasteiger partial charge in [-0.2, -0.15) is 0 Å². The van der Waals surface area contributed by atoms with E-state index in [0.29, 0.717) is 0 Å². The van der Waals surface area contributed by atoms with Crippen LogP contribution >= 0.6 is 0 Å². The number of anilines is 2. The second-order valence-corrected chi connectivity index (χ2v) is 8.46. The van der Waals surface area contributed by atoms with Crippen LogP contribution in [0.2, 0.25) is 0 Å². The van der Waals surface area contributed by atoms with Crippen LogP contribution in [-0.2, 0) is 19.3 Å². The van der Waals surface area contributed by atoms with Crippen LogP contribution in [0.15, 0.2) is 84.9 Å². The van der Waals surface area contributed by atoms with Gasteiger partial charge in [0.15, 0.2) is 0 Å². The van der Waals surface area contributed by atoms with Crippen LogP contribution in [0.1, 0.15) is 44.5 Å². The van der Waals surface area contributed by atoms with Crippen LogP contribution in [0.4, 0.5) is 11.4 Å². The van der Waals surface area contributed by atoms with Crippen LogP contribution < -0.4 is 11.5 Å². The summed E-state index contributed by atoms with van der Waals surface area (Å²) in [6.07, 6.45) is 2.66. The van der Waals surface area contributed by atoms with Gasteiger partial charge in [0.1, 0.15) is 0 Å². The number of rotatable bonds is 6. The molecule has 0 aromatic heterocycles. The molecule has 2 heteroatoms. The third-order valence-corrected chi connectivity index (χ3v) is 6.07. The molecule has 4 aromatic carbocycles. The molecule has 4 N–H and O–H groups in total. The number of benzene rings is 4. The molecule has 0 fully saturated rings. The number of hydrogen-bond donors (Lipinski definition) is 2. The molecule has 0 atom stereocenters. The predicted octanol–water partition coefficient (Wildman–Crippen LogP) is 6.24. The Morgan fingerprint density at radius 3 is 1.13 bits per heavy atom. The van der Waals surface area contributed by atoms with Crippen molar-refractivity contribution in [1.82, 2.24) is 0 Å². The topological polar surface area (TPSA) is 52.0 Å². The Morgan fingerprint density at radius 2 is 0.774 bits per heavy atom. The highest BCUT2D eigenvalue weighted by Gasteiger charge is 2.05. The van der Waals surface area contributed by atoms with E-state index in [1.165, 1.54) is 33.4 Å². The standard InChI is InChI=1S/C29H30N2/c1-20-5-3-7-26(28(20)30)18-24-13-9-22(10-14-24)17-23-11-15-25(16-12-23)19-27-8-4-6-21(2)29(27)31/h3-16H,17-19,30-31H2,1-2H3. The number of hydrogen-bond acceptors (Lipinski definition) is 2. The van der Waals surface area contributed by atoms with Crippen LogP contribution in [0, 0.1) is 13.8 Å². The van der Waals surface area contributed by atoms with Crippen molar-refractivity contribution >= 4 is 11.4 Å². The molecule has 0 spiro atoms. The van der Waals surface area contributed by atoms with Gasteiger partial charge in [-0.05, 0) is 77.6 Å². The minimum atomic E-state index is 0.866. The van der Waals surface area contributed by atoms with Crippen LogP contribution in [0.3, 0.4) is 0 Å². The van der Waals surface area contributed by atoms with Gasteiger partial charge in [0, 0.05) is 11.4 Å². The average molecular weight is 407 g/mol. The number of nitrogens with two attached hydrogens (primary N) is 2. The lowest BCUT2D eigenvalue weighted by molar-refractivity contribution is 1.13. The first-order chi connectivity index (χ1) is 15.0. The first kappa shape index (κ1) is 20.7. The first-order valence-corrected chi connectivity index (χ1v) is 10.8. The lowest BCUT2D eigenvalue weighted by Gasteiger charge is -2.10. The summed E-state index contributed by atoms with van der Waals surface area (Å²) in [6.45, 7) is 4.12. The van der Waals surface area contributed by atoms with Gasteiger partial charge in [-0.3, -0.25) is 0 Å². The summed E-state index contributed by atoms with van der Waals surface area (Å²) in [7, 11) is 0. The van der Waals surface area contributed by atoms with Gasteiger partial charge in [-0.25, -0.2) is 0 Å². The molecule has 0 aliphatic heterocycles. The van der Waals surface area contributed by atoms with Crippen molar-refractivity contribution in [3.8, 4) is 0 Å². The smallest absolute Gasteiger partial charge is 0.0379 e. The molecular formula is C29H30N2. The zero-order valence-corrected chi connectivity index (χ0v) is 18.4. The van der Waals surface area contributed by atoms with Gasteiger partial charge in [-0.1, -0.05) is 84.9 Å². The van der Waals surface area contributed by atoms with E-state index in [0.717, 1.165) is 41.8 Å². The van der Waals surface area contributed by atoms with Crippen molar-refractivity contribution in [2.45, 2.75) is 33.1 Å². The Balaban J connectivity index is 1.40. The van der Waals surface area contributed by atoms with E-state index in [1.807, 2.05) is 0 Å². The van der Waals surface area contributed by atoms with Gasteiger partial charge in [0.25, 0.3) is 0 Å². The van der Waals surface area contributed by atoms with E-state index in [1.54, 1.807) is 0 Å². The molecule has 0 aliphatic carbocycles. The predicted molar refractivity (Wildman–Crippen MR) is 132 cm³/mol. The maximum atomic E-state index is 6.23. The largest absolute Gasteiger partial charge is 0.398 e.